The zero-order chi connectivity index (χ0) is 32.1. The molecule has 5 rings (SSSR count). The van der Waals surface area contributed by atoms with E-state index in [9.17, 15) is 0 Å². The Morgan fingerprint density at radius 1 is 0.886 bits per heavy atom. The lowest BCUT2D eigenvalue weighted by Gasteiger charge is -2.50. The van der Waals surface area contributed by atoms with Gasteiger partial charge < -0.3 is 9.47 Å². The number of hydrogen-bond donors (Lipinski definition) is 1. The SMILES string of the molecule is CC(C)[Si](CC1=C(O[C@@H]2OC[C@@H]3CC[C@@]2(C)C3(C)C)C(=O)[C@@](C)(NCc2ccccc2)[C@@H]1c1ccccc1)(C(C)C)C(C)C. The summed E-state index contributed by atoms with van der Waals surface area (Å²) in [4.78, 5) is 15.1. The summed E-state index contributed by atoms with van der Waals surface area (Å²) < 4.78 is 13.7. The van der Waals surface area contributed by atoms with Crippen LogP contribution >= 0.6 is 0 Å². The first kappa shape index (κ1) is 33.2. The zero-order valence-electron chi connectivity index (χ0n) is 29.0. The van der Waals surface area contributed by atoms with E-state index in [1.165, 1.54) is 16.7 Å². The number of Topliss-reactive ketones (excluding diaryl/α,β-unsaturated/α-hetero) is 1. The molecule has 0 unspecified atom stereocenters. The van der Waals surface area contributed by atoms with Crippen LogP contribution < -0.4 is 5.32 Å². The van der Waals surface area contributed by atoms with E-state index in [-0.39, 0.29) is 22.5 Å². The van der Waals surface area contributed by atoms with Crippen LogP contribution in [0, 0.1) is 16.7 Å². The summed E-state index contributed by atoms with van der Waals surface area (Å²) in [5.41, 5.74) is 4.29. The molecule has 1 heterocycles. The summed E-state index contributed by atoms with van der Waals surface area (Å²) in [7, 11) is -1.98. The molecule has 4 nitrogen and oxygen atoms in total. The van der Waals surface area contributed by atoms with Crippen LogP contribution in [-0.4, -0.2) is 32.3 Å². The number of carbonyl (C=O) groups excluding carboxylic acids is 1. The molecule has 0 radical (unpaired) electrons. The first-order valence-corrected chi connectivity index (χ1v) is 19.5. The number of rotatable bonds is 11. The summed E-state index contributed by atoms with van der Waals surface area (Å²) in [6, 6.07) is 22.1. The first-order chi connectivity index (χ1) is 20.7. The molecular weight excluding hydrogens is 559 g/mol. The first-order valence-electron chi connectivity index (χ1n) is 17.1. The van der Waals surface area contributed by atoms with Gasteiger partial charge in [-0.2, -0.15) is 0 Å². The summed E-state index contributed by atoms with van der Waals surface area (Å²) in [5, 5.41) is 3.81. The highest BCUT2D eigenvalue weighted by Crippen LogP contribution is 2.62. The number of hydrogen-bond acceptors (Lipinski definition) is 4. The van der Waals surface area contributed by atoms with Gasteiger partial charge in [-0.3, -0.25) is 10.1 Å². The Kier molecular flexibility index (Phi) is 9.18. The summed E-state index contributed by atoms with van der Waals surface area (Å²) in [5.74, 6) is 1.05. The molecule has 2 bridgehead atoms. The van der Waals surface area contributed by atoms with Gasteiger partial charge in [0, 0.05) is 17.9 Å². The molecule has 240 valence electrons. The molecule has 1 saturated heterocycles. The second-order valence-electron chi connectivity index (χ2n) is 16.0. The van der Waals surface area contributed by atoms with Crippen LogP contribution in [0.25, 0.3) is 0 Å². The molecule has 44 heavy (non-hydrogen) atoms. The molecule has 0 spiro atoms. The van der Waals surface area contributed by atoms with Crippen LogP contribution in [0.15, 0.2) is 72.0 Å². The van der Waals surface area contributed by atoms with E-state index in [0.717, 1.165) is 18.9 Å². The molecule has 3 aliphatic rings. The van der Waals surface area contributed by atoms with Crippen molar-refractivity contribution in [1.29, 1.82) is 0 Å². The van der Waals surface area contributed by atoms with E-state index in [0.29, 0.717) is 41.5 Å². The monoisotopic (exact) mass is 615 g/mol. The van der Waals surface area contributed by atoms with E-state index in [2.05, 4.69) is 129 Å². The average Bonchev–Trinajstić information content (AvgIpc) is 3.23. The lowest BCUT2D eigenvalue weighted by atomic mass is 9.64. The fraction of sp³-hybridized carbons (Fsp3) is 0.615. The van der Waals surface area contributed by atoms with Crippen molar-refractivity contribution >= 4 is 13.9 Å². The zero-order valence-corrected chi connectivity index (χ0v) is 30.0. The third-order valence-corrected chi connectivity index (χ3v) is 20.4. The fourth-order valence-corrected chi connectivity index (χ4v) is 15.7. The van der Waals surface area contributed by atoms with Crippen LogP contribution in [0.4, 0.5) is 0 Å². The quantitative estimate of drug-likeness (QED) is 0.256. The molecule has 0 aromatic heterocycles. The Labute approximate surface area is 268 Å². The minimum absolute atomic E-state index is 0.0709. The smallest absolute Gasteiger partial charge is 0.218 e. The molecule has 2 aromatic carbocycles. The van der Waals surface area contributed by atoms with Crippen molar-refractivity contribution in [2.24, 2.45) is 16.7 Å². The van der Waals surface area contributed by atoms with E-state index in [1.807, 2.05) is 6.07 Å². The number of fused-ring (bicyclic) bond motifs is 2. The van der Waals surface area contributed by atoms with E-state index >= 15 is 4.79 Å². The highest BCUT2D eigenvalue weighted by Gasteiger charge is 2.62. The fourth-order valence-electron chi connectivity index (χ4n) is 9.49. The van der Waals surface area contributed by atoms with E-state index < -0.39 is 19.9 Å². The van der Waals surface area contributed by atoms with Crippen molar-refractivity contribution in [3.8, 4) is 0 Å². The van der Waals surface area contributed by atoms with Crippen molar-refractivity contribution in [2.75, 3.05) is 6.61 Å². The summed E-state index contributed by atoms with van der Waals surface area (Å²) in [6.07, 6.45) is 1.77. The molecule has 1 saturated carbocycles. The largest absolute Gasteiger partial charge is 0.461 e. The normalized spacial score (nSPS) is 30.2. The molecule has 1 N–H and O–H groups in total. The van der Waals surface area contributed by atoms with Crippen LogP contribution in [0.1, 0.15) is 99.1 Å². The molecule has 2 aliphatic carbocycles. The topological polar surface area (TPSA) is 47.6 Å². The van der Waals surface area contributed by atoms with Crippen LogP contribution in [-0.2, 0) is 20.8 Å². The second-order valence-corrected chi connectivity index (χ2v) is 22.0. The van der Waals surface area contributed by atoms with E-state index in [4.69, 9.17) is 9.47 Å². The molecule has 5 atom stereocenters. The number of ether oxygens (including phenoxy) is 2. The molecule has 5 heteroatoms. The molecule has 1 aliphatic heterocycles. The van der Waals surface area contributed by atoms with Crippen molar-refractivity contribution in [3.05, 3.63) is 83.1 Å². The maximum absolute atomic E-state index is 15.1. The molecule has 2 aromatic rings. The highest BCUT2D eigenvalue weighted by atomic mass is 28.3. The third kappa shape index (κ3) is 5.25. The van der Waals surface area contributed by atoms with Gasteiger partial charge >= 0.3 is 0 Å². The predicted molar refractivity (Wildman–Crippen MR) is 184 cm³/mol. The lowest BCUT2D eigenvalue weighted by molar-refractivity contribution is -0.248. The second kappa shape index (κ2) is 12.2. The molecule has 2 fully saturated rings. The van der Waals surface area contributed by atoms with Crippen molar-refractivity contribution in [1.82, 2.24) is 5.32 Å². The highest BCUT2D eigenvalue weighted by molar-refractivity contribution is 6.84. The van der Waals surface area contributed by atoms with Gasteiger partial charge in [0.15, 0.2) is 5.76 Å². The van der Waals surface area contributed by atoms with Gasteiger partial charge in [-0.05, 0) is 53.8 Å². The maximum Gasteiger partial charge on any atom is 0.218 e. The Bertz CT molecular complexity index is 1330. The van der Waals surface area contributed by atoms with E-state index in [1.54, 1.807) is 0 Å². The molecule has 0 amide bonds. The van der Waals surface area contributed by atoms with Crippen molar-refractivity contribution in [2.45, 2.75) is 129 Å². The lowest BCUT2D eigenvalue weighted by Crippen LogP contribution is -2.53. The number of ketones is 1. The Balaban J connectivity index is 1.67. The van der Waals surface area contributed by atoms with Gasteiger partial charge in [-0.25, -0.2) is 0 Å². The van der Waals surface area contributed by atoms with Crippen molar-refractivity contribution < 1.29 is 14.3 Å². The van der Waals surface area contributed by atoms with Crippen molar-refractivity contribution in [3.63, 3.8) is 0 Å². The number of carbonyl (C=O) groups is 1. The van der Waals surface area contributed by atoms with Gasteiger partial charge in [-0.1, -0.05) is 140 Å². The number of benzene rings is 2. The van der Waals surface area contributed by atoms with Crippen LogP contribution in [0.2, 0.25) is 22.7 Å². The summed E-state index contributed by atoms with van der Waals surface area (Å²) >= 11 is 0. The van der Waals surface area contributed by atoms with Gasteiger partial charge in [0.2, 0.25) is 12.1 Å². The Morgan fingerprint density at radius 2 is 1.45 bits per heavy atom. The minimum atomic E-state index is -1.98. The van der Waals surface area contributed by atoms with Crippen LogP contribution in [0.3, 0.4) is 0 Å². The third-order valence-electron chi connectivity index (χ3n) is 13.0. The Morgan fingerprint density at radius 3 is 2.02 bits per heavy atom. The molecular formula is C39H57NO3Si. The van der Waals surface area contributed by atoms with Gasteiger partial charge in [0.05, 0.1) is 20.2 Å². The predicted octanol–water partition coefficient (Wildman–Crippen LogP) is 9.65. The van der Waals surface area contributed by atoms with Gasteiger partial charge in [0.25, 0.3) is 0 Å². The maximum atomic E-state index is 15.1. The van der Waals surface area contributed by atoms with Gasteiger partial charge in [0.1, 0.15) is 0 Å². The Hall–Kier alpha value is -2.21. The minimum Gasteiger partial charge on any atom is -0.461 e. The van der Waals surface area contributed by atoms with Gasteiger partial charge in [-0.15, -0.1) is 0 Å². The summed E-state index contributed by atoms with van der Waals surface area (Å²) in [6.45, 7) is 25.0. The van der Waals surface area contributed by atoms with Crippen LogP contribution in [0.5, 0.6) is 0 Å². The average molecular weight is 616 g/mol. The number of nitrogens with one attached hydrogen (secondary N) is 1. The standard InChI is InChI=1S/C39H57NO3Si/c1-26(2)44(27(3)4,28(5)6)25-32-33(30-19-15-12-16-20-30)39(10,40-23-29-17-13-11-14-18-29)35(41)34(32)43-36-38(9)22-21-31(24-42-36)37(38,7)8/h11-20,26-28,31,33,36,40H,21-25H2,1-10H3/t31-,33+,36-,38+,39-/m0/s1.